The summed E-state index contributed by atoms with van der Waals surface area (Å²) in [6.45, 7) is 8.78. The smallest absolute Gasteiger partial charge is 0.263 e. The lowest BCUT2D eigenvalue weighted by atomic mass is 10.3. The minimum atomic E-state index is -0.326. The van der Waals surface area contributed by atoms with Crippen LogP contribution >= 0.6 is 0 Å². The maximum Gasteiger partial charge on any atom is 0.263 e. The minimum absolute atomic E-state index is 0.211. The van der Waals surface area contributed by atoms with Crippen molar-refractivity contribution in [2.24, 2.45) is 0 Å². The predicted molar refractivity (Wildman–Crippen MR) is 46.1 cm³/mol. The van der Waals surface area contributed by atoms with E-state index in [9.17, 15) is 9.59 Å². The van der Waals surface area contributed by atoms with E-state index in [4.69, 9.17) is 4.84 Å². The van der Waals surface area contributed by atoms with Crippen molar-refractivity contribution in [3.8, 4) is 0 Å². The summed E-state index contributed by atoms with van der Waals surface area (Å²) in [7, 11) is 0. The standard InChI is InChI=1S/C9H11NO3/c1-6(2)7(3)13-10-8(11)4-5-9(10)12/h1,3-5H2,2H3. The van der Waals surface area contributed by atoms with E-state index < -0.39 is 0 Å². The molecule has 1 heterocycles. The largest absolute Gasteiger partial charge is 0.369 e. The molecule has 1 aliphatic rings. The topological polar surface area (TPSA) is 46.6 Å². The molecule has 1 rings (SSSR count). The van der Waals surface area contributed by atoms with Crippen molar-refractivity contribution < 1.29 is 14.4 Å². The number of rotatable bonds is 3. The highest BCUT2D eigenvalue weighted by molar-refractivity contribution is 6.00. The first-order valence-electron chi connectivity index (χ1n) is 3.91. The molecular formula is C9H11NO3. The summed E-state index contributed by atoms with van der Waals surface area (Å²) < 4.78 is 0. The first-order chi connectivity index (χ1) is 6.02. The molecule has 1 aliphatic heterocycles. The van der Waals surface area contributed by atoms with E-state index in [-0.39, 0.29) is 30.4 Å². The first kappa shape index (κ1) is 9.51. The van der Waals surface area contributed by atoms with Crippen LogP contribution in [0.25, 0.3) is 0 Å². The van der Waals surface area contributed by atoms with Gasteiger partial charge in [-0.25, -0.2) is 0 Å². The molecule has 0 aromatic heterocycles. The summed E-state index contributed by atoms with van der Waals surface area (Å²) >= 11 is 0. The molecule has 1 saturated heterocycles. The molecule has 2 amide bonds. The fraction of sp³-hybridized carbons (Fsp3) is 0.333. The van der Waals surface area contributed by atoms with E-state index in [1.807, 2.05) is 0 Å². The molecule has 0 aromatic carbocycles. The Labute approximate surface area is 76.4 Å². The molecule has 0 atom stereocenters. The fourth-order valence-corrected chi connectivity index (χ4v) is 0.846. The van der Waals surface area contributed by atoms with Crippen LogP contribution in [0.15, 0.2) is 24.5 Å². The Bertz CT molecular complexity index is 277. The highest BCUT2D eigenvalue weighted by Crippen LogP contribution is 2.16. The third-order valence-corrected chi connectivity index (χ3v) is 1.68. The van der Waals surface area contributed by atoms with Crippen LogP contribution in [0.5, 0.6) is 0 Å². The van der Waals surface area contributed by atoms with Crippen LogP contribution < -0.4 is 0 Å². The number of amides is 2. The van der Waals surface area contributed by atoms with Gasteiger partial charge in [0.15, 0.2) is 5.76 Å². The molecule has 0 aliphatic carbocycles. The van der Waals surface area contributed by atoms with Gasteiger partial charge in [0.25, 0.3) is 11.8 Å². The number of hydrogen-bond donors (Lipinski definition) is 0. The van der Waals surface area contributed by atoms with E-state index in [0.29, 0.717) is 5.57 Å². The zero-order chi connectivity index (χ0) is 10.0. The number of hydrogen-bond acceptors (Lipinski definition) is 3. The first-order valence-corrected chi connectivity index (χ1v) is 3.91. The molecule has 0 N–H and O–H groups in total. The molecule has 4 nitrogen and oxygen atoms in total. The maximum atomic E-state index is 11.1. The van der Waals surface area contributed by atoms with Crippen molar-refractivity contribution in [2.75, 3.05) is 0 Å². The predicted octanol–water partition coefficient (Wildman–Crippen LogP) is 1.16. The van der Waals surface area contributed by atoms with Crippen molar-refractivity contribution in [2.45, 2.75) is 19.8 Å². The summed E-state index contributed by atoms with van der Waals surface area (Å²) in [6, 6.07) is 0. The van der Waals surface area contributed by atoms with Crippen molar-refractivity contribution >= 4 is 11.8 Å². The van der Waals surface area contributed by atoms with Crippen LogP contribution in [-0.2, 0) is 14.4 Å². The SMILES string of the molecule is C=C(C)C(=C)ON1C(=O)CCC1=O. The maximum absolute atomic E-state index is 11.1. The molecule has 0 aromatic rings. The summed E-state index contributed by atoms with van der Waals surface area (Å²) in [4.78, 5) is 27.0. The molecule has 0 spiro atoms. The highest BCUT2D eigenvalue weighted by atomic mass is 16.7. The van der Waals surface area contributed by atoms with E-state index in [1.54, 1.807) is 6.92 Å². The number of imide groups is 1. The van der Waals surface area contributed by atoms with E-state index >= 15 is 0 Å². The van der Waals surface area contributed by atoms with Crippen LogP contribution in [0.4, 0.5) is 0 Å². The van der Waals surface area contributed by atoms with Gasteiger partial charge in [-0.05, 0) is 12.5 Å². The molecule has 4 heteroatoms. The number of hydroxylamine groups is 2. The van der Waals surface area contributed by atoms with Crippen LogP contribution in [-0.4, -0.2) is 16.9 Å². The number of carbonyl (C=O) groups excluding carboxylic acids is 2. The lowest BCUT2D eigenvalue weighted by molar-refractivity contribution is -0.175. The second kappa shape index (κ2) is 3.43. The Morgan fingerprint density at radius 2 is 1.77 bits per heavy atom. The molecule has 0 radical (unpaired) electrons. The van der Waals surface area contributed by atoms with Gasteiger partial charge >= 0.3 is 0 Å². The zero-order valence-corrected chi connectivity index (χ0v) is 7.50. The second-order valence-electron chi connectivity index (χ2n) is 2.88. The van der Waals surface area contributed by atoms with E-state index in [0.717, 1.165) is 5.06 Å². The third kappa shape index (κ3) is 1.96. The second-order valence-corrected chi connectivity index (χ2v) is 2.88. The average Bonchev–Trinajstić information content (AvgIpc) is 2.35. The normalized spacial score (nSPS) is 16.2. The van der Waals surface area contributed by atoms with Gasteiger partial charge < -0.3 is 4.84 Å². The quantitative estimate of drug-likeness (QED) is 0.373. The van der Waals surface area contributed by atoms with Gasteiger partial charge in [-0.15, -0.1) is 5.06 Å². The summed E-state index contributed by atoms with van der Waals surface area (Å²) in [6.07, 6.45) is 0.421. The summed E-state index contributed by atoms with van der Waals surface area (Å²) in [5.74, 6) is -0.414. The molecule has 0 bridgehead atoms. The molecule has 1 fully saturated rings. The average molecular weight is 181 g/mol. The van der Waals surface area contributed by atoms with Gasteiger partial charge in [0, 0.05) is 12.8 Å². The van der Waals surface area contributed by atoms with Gasteiger partial charge in [-0.2, -0.15) is 0 Å². The highest BCUT2D eigenvalue weighted by Gasteiger charge is 2.31. The van der Waals surface area contributed by atoms with Crippen molar-refractivity contribution in [3.63, 3.8) is 0 Å². The Morgan fingerprint density at radius 1 is 1.31 bits per heavy atom. The van der Waals surface area contributed by atoms with Gasteiger partial charge in [-0.3, -0.25) is 9.59 Å². The molecule has 0 unspecified atom stereocenters. The van der Waals surface area contributed by atoms with Crippen LogP contribution in [0, 0.1) is 0 Å². The van der Waals surface area contributed by atoms with Crippen LogP contribution in [0.3, 0.4) is 0 Å². The van der Waals surface area contributed by atoms with Crippen LogP contribution in [0.2, 0.25) is 0 Å². The molecule has 13 heavy (non-hydrogen) atoms. The van der Waals surface area contributed by atoms with Gasteiger partial charge in [0.2, 0.25) is 0 Å². The monoisotopic (exact) mass is 181 g/mol. The third-order valence-electron chi connectivity index (χ3n) is 1.68. The number of allylic oxidation sites excluding steroid dienone is 1. The van der Waals surface area contributed by atoms with Gasteiger partial charge in [-0.1, -0.05) is 13.2 Å². The lowest BCUT2D eigenvalue weighted by Crippen LogP contribution is -2.28. The Balaban J connectivity index is 2.63. The fourth-order valence-electron chi connectivity index (χ4n) is 0.846. The number of nitrogens with zero attached hydrogens (tertiary/aromatic N) is 1. The number of carbonyl (C=O) groups is 2. The Kier molecular flexibility index (Phi) is 2.51. The Morgan fingerprint density at radius 3 is 2.15 bits per heavy atom. The molecule has 70 valence electrons. The molecule has 0 saturated carbocycles. The van der Waals surface area contributed by atoms with Gasteiger partial charge in [0.05, 0.1) is 0 Å². The zero-order valence-electron chi connectivity index (χ0n) is 7.50. The van der Waals surface area contributed by atoms with Crippen LogP contribution in [0.1, 0.15) is 19.8 Å². The summed E-state index contributed by atoms with van der Waals surface area (Å²) in [5, 5.41) is 0.747. The Hall–Kier alpha value is -1.58. The van der Waals surface area contributed by atoms with Crippen molar-refractivity contribution in [1.82, 2.24) is 5.06 Å². The van der Waals surface area contributed by atoms with Gasteiger partial charge in [0.1, 0.15) is 0 Å². The van der Waals surface area contributed by atoms with Crippen molar-refractivity contribution in [3.05, 3.63) is 24.5 Å². The van der Waals surface area contributed by atoms with E-state index in [1.165, 1.54) is 0 Å². The van der Waals surface area contributed by atoms with Crippen molar-refractivity contribution in [1.29, 1.82) is 0 Å². The molecular weight excluding hydrogens is 170 g/mol. The minimum Gasteiger partial charge on any atom is -0.369 e. The van der Waals surface area contributed by atoms with E-state index in [2.05, 4.69) is 13.2 Å². The lowest BCUT2D eigenvalue weighted by Gasteiger charge is -2.15. The summed E-state index contributed by atoms with van der Waals surface area (Å²) in [5.41, 5.74) is 0.590.